The molecule has 3 N–H and O–H groups in total. The van der Waals surface area contributed by atoms with Gasteiger partial charge in [-0.1, -0.05) is 29.8 Å². The molecule has 5 heteroatoms. The Morgan fingerprint density at radius 1 is 1.47 bits per heavy atom. The van der Waals surface area contributed by atoms with Gasteiger partial charge in [-0.15, -0.1) is 0 Å². The zero-order valence-electron chi connectivity index (χ0n) is 9.60. The summed E-state index contributed by atoms with van der Waals surface area (Å²) in [7, 11) is 0. The highest BCUT2D eigenvalue weighted by molar-refractivity contribution is 6.31. The molecule has 17 heavy (non-hydrogen) atoms. The number of aromatic nitrogens is 2. The summed E-state index contributed by atoms with van der Waals surface area (Å²) in [4.78, 5) is 4.34. The highest BCUT2D eigenvalue weighted by atomic mass is 35.5. The number of benzene rings is 1. The van der Waals surface area contributed by atoms with E-state index in [9.17, 15) is 0 Å². The predicted octanol–water partition coefficient (Wildman–Crippen LogP) is 2.11. The summed E-state index contributed by atoms with van der Waals surface area (Å²) < 4.78 is 2.04. The molecule has 0 aliphatic heterocycles. The molecule has 1 aromatic carbocycles. The van der Waals surface area contributed by atoms with Gasteiger partial charge in [0.1, 0.15) is 11.9 Å². The van der Waals surface area contributed by atoms with Gasteiger partial charge < -0.3 is 4.57 Å². The summed E-state index contributed by atoms with van der Waals surface area (Å²) in [6.45, 7) is 2.91. The topological polar surface area (TPSA) is 55.9 Å². The van der Waals surface area contributed by atoms with Crippen LogP contribution in [0.2, 0.25) is 5.02 Å². The molecule has 0 aliphatic carbocycles. The van der Waals surface area contributed by atoms with Crippen molar-refractivity contribution in [1.82, 2.24) is 15.0 Å². The summed E-state index contributed by atoms with van der Waals surface area (Å²) in [5, 5.41) is 0.682. The highest BCUT2D eigenvalue weighted by Crippen LogP contribution is 2.26. The van der Waals surface area contributed by atoms with E-state index in [2.05, 4.69) is 17.3 Å². The Hall–Kier alpha value is -1.36. The third kappa shape index (κ3) is 2.34. The third-order valence-corrected chi connectivity index (χ3v) is 3.07. The second-order valence-electron chi connectivity index (χ2n) is 3.69. The highest BCUT2D eigenvalue weighted by Gasteiger charge is 2.19. The lowest BCUT2D eigenvalue weighted by Crippen LogP contribution is -2.31. The Labute approximate surface area is 105 Å². The fourth-order valence-corrected chi connectivity index (χ4v) is 2.11. The number of nitrogens with zero attached hydrogens (tertiary/aromatic N) is 2. The van der Waals surface area contributed by atoms with Crippen molar-refractivity contribution in [3.8, 4) is 0 Å². The number of hydrogen-bond acceptors (Lipinski definition) is 3. The number of hydrogen-bond donors (Lipinski definition) is 2. The molecular weight excluding hydrogens is 236 g/mol. The van der Waals surface area contributed by atoms with Crippen molar-refractivity contribution in [2.24, 2.45) is 5.84 Å². The van der Waals surface area contributed by atoms with Crippen LogP contribution in [0.25, 0.3) is 0 Å². The quantitative estimate of drug-likeness (QED) is 0.646. The van der Waals surface area contributed by atoms with Crippen molar-refractivity contribution in [3.63, 3.8) is 0 Å². The van der Waals surface area contributed by atoms with Crippen LogP contribution in [0.4, 0.5) is 0 Å². The Balaban J connectivity index is 2.44. The zero-order chi connectivity index (χ0) is 12.3. The second kappa shape index (κ2) is 5.31. The largest absolute Gasteiger partial charge is 0.334 e. The molecular formula is C12H15ClN4. The van der Waals surface area contributed by atoms with Crippen molar-refractivity contribution < 1.29 is 0 Å². The minimum atomic E-state index is -0.196. The maximum absolute atomic E-state index is 6.18. The number of rotatable bonds is 4. The van der Waals surface area contributed by atoms with Crippen molar-refractivity contribution in [2.45, 2.75) is 19.5 Å². The molecule has 0 fully saturated rings. The van der Waals surface area contributed by atoms with Crippen LogP contribution in [0.1, 0.15) is 24.4 Å². The normalized spacial score (nSPS) is 12.6. The number of imidazole rings is 1. The van der Waals surface area contributed by atoms with Crippen LogP contribution in [-0.4, -0.2) is 9.55 Å². The van der Waals surface area contributed by atoms with Crippen molar-refractivity contribution in [3.05, 3.63) is 53.1 Å². The lowest BCUT2D eigenvalue weighted by molar-refractivity contribution is 0.561. The first kappa shape index (κ1) is 12.1. The van der Waals surface area contributed by atoms with Gasteiger partial charge >= 0.3 is 0 Å². The molecule has 1 unspecified atom stereocenters. The molecule has 0 radical (unpaired) electrons. The van der Waals surface area contributed by atoms with Crippen LogP contribution in [0.5, 0.6) is 0 Å². The molecule has 0 aliphatic rings. The zero-order valence-corrected chi connectivity index (χ0v) is 10.4. The average Bonchev–Trinajstić information content (AvgIpc) is 2.81. The molecule has 0 spiro atoms. The molecule has 0 saturated carbocycles. The summed E-state index contributed by atoms with van der Waals surface area (Å²) >= 11 is 6.18. The van der Waals surface area contributed by atoms with Gasteiger partial charge in [-0.2, -0.15) is 0 Å². The van der Waals surface area contributed by atoms with E-state index >= 15 is 0 Å². The lowest BCUT2D eigenvalue weighted by atomic mass is 10.1. The van der Waals surface area contributed by atoms with E-state index in [0.717, 1.165) is 17.9 Å². The number of hydrazine groups is 1. The maximum Gasteiger partial charge on any atom is 0.131 e. The summed E-state index contributed by atoms with van der Waals surface area (Å²) in [5.74, 6) is 6.49. The summed E-state index contributed by atoms with van der Waals surface area (Å²) in [6.07, 6.45) is 3.69. The number of nitrogens with two attached hydrogens (primary N) is 1. The van der Waals surface area contributed by atoms with Gasteiger partial charge in [0.05, 0.1) is 0 Å². The molecule has 1 atom stereocenters. The van der Waals surface area contributed by atoms with Crippen molar-refractivity contribution in [2.75, 3.05) is 0 Å². The van der Waals surface area contributed by atoms with Crippen molar-refractivity contribution in [1.29, 1.82) is 0 Å². The van der Waals surface area contributed by atoms with Crippen LogP contribution in [0, 0.1) is 0 Å². The number of aryl methyl sites for hydroxylation is 1. The SMILES string of the molecule is CCn1ccnc1C(NN)c1ccccc1Cl. The fraction of sp³-hybridized carbons (Fsp3) is 0.250. The van der Waals surface area contributed by atoms with Crippen LogP contribution >= 0.6 is 11.6 Å². The third-order valence-electron chi connectivity index (χ3n) is 2.73. The van der Waals surface area contributed by atoms with Crippen LogP contribution < -0.4 is 11.3 Å². The Kier molecular flexibility index (Phi) is 3.78. The van der Waals surface area contributed by atoms with Gasteiger partial charge in [0.25, 0.3) is 0 Å². The smallest absolute Gasteiger partial charge is 0.131 e. The molecule has 1 heterocycles. The molecule has 0 saturated heterocycles. The number of nitrogens with one attached hydrogen (secondary N) is 1. The standard InChI is InChI=1S/C12H15ClN4/c1-2-17-8-7-15-12(17)11(16-14)9-5-3-4-6-10(9)13/h3-8,11,16H,2,14H2,1H3. The van der Waals surface area contributed by atoms with E-state index in [-0.39, 0.29) is 6.04 Å². The molecule has 0 bridgehead atoms. The van der Waals surface area contributed by atoms with Gasteiger partial charge in [-0.3, -0.25) is 5.84 Å². The lowest BCUT2D eigenvalue weighted by Gasteiger charge is -2.18. The van der Waals surface area contributed by atoms with E-state index < -0.39 is 0 Å². The van der Waals surface area contributed by atoms with E-state index in [1.807, 2.05) is 35.0 Å². The van der Waals surface area contributed by atoms with Gasteiger partial charge in [-0.25, -0.2) is 10.4 Å². The van der Waals surface area contributed by atoms with E-state index in [1.165, 1.54) is 0 Å². The second-order valence-corrected chi connectivity index (χ2v) is 4.10. The van der Waals surface area contributed by atoms with Crippen LogP contribution in [0.3, 0.4) is 0 Å². The van der Waals surface area contributed by atoms with E-state index in [1.54, 1.807) is 6.20 Å². The van der Waals surface area contributed by atoms with Gasteiger partial charge in [0, 0.05) is 24.0 Å². The number of halogens is 1. The summed E-state index contributed by atoms with van der Waals surface area (Å²) in [5.41, 5.74) is 3.70. The fourth-order valence-electron chi connectivity index (χ4n) is 1.86. The first-order valence-electron chi connectivity index (χ1n) is 5.49. The van der Waals surface area contributed by atoms with Crippen LogP contribution in [0.15, 0.2) is 36.7 Å². The van der Waals surface area contributed by atoms with Gasteiger partial charge in [0.2, 0.25) is 0 Å². The average molecular weight is 251 g/mol. The monoisotopic (exact) mass is 250 g/mol. The maximum atomic E-state index is 6.18. The van der Waals surface area contributed by atoms with E-state index in [0.29, 0.717) is 5.02 Å². The Morgan fingerprint density at radius 3 is 2.88 bits per heavy atom. The van der Waals surface area contributed by atoms with Gasteiger partial charge in [-0.05, 0) is 18.6 Å². The van der Waals surface area contributed by atoms with E-state index in [4.69, 9.17) is 17.4 Å². The van der Waals surface area contributed by atoms with Crippen LogP contribution in [-0.2, 0) is 6.54 Å². The molecule has 1 aromatic heterocycles. The van der Waals surface area contributed by atoms with Crippen molar-refractivity contribution >= 4 is 11.6 Å². The molecule has 0 amide bonds. The minimum absolute atomic E-state index is 0.196. The first-order chi connectivity index (χ1) is 8.27. The first-order valence-corrected chi connectivity index (χ1v) is 5.87. The Morgan fingerprint density at radius 2 is 2.24 bits per heavy atom. The predicted molar refractivity (Wildman–Crippen MR) is 68.5 cm³/mol. The molecule has 2 aromatic rings. The molecule has 2 rings (SSSR count). The molecule has 4 nitrogen and oxygen atoms in total. The van der Waals surface area contributed by atoms with Gasteiger partial charge in [0.15, 0.2) is 0 Å². The Bertz CT molecular complexity index is 495. The summed E-state index contributed by atoms with van der Waals surface area (Å²) in [6, 6.07) is 7.43. The molecule has 90 valence electrons. The minimum Gasteiger partial charge on any atom is -0.334 e.